The maximum Gasteiger partial charge on any atom is 0.259 e. The van der Waals surface area contributed by atoms with Gasteiger partial charge in [0.15, 0.2) is 0 Å². The van der Waals surface area contributed by atoms with Crippen molar-refractivity contribution in [2.45, 2.75) is 47.7 Å². The average molecular weight is 282 g/mol. The van der Waals surface area contributed by atoms with Gasteiger partial charge in [-0.1, -0.05) is 31.4 Å². The highest BCUT2D eigenvalue weighted by atomic mass is 32.3. The Morgan fingerprint density at radius 2 is 1.94 bits per heavy atom. The molecule has 1 aromatic carbocycles. The van der Waals surface area contributed by atoms with E-state index in [1.54, 1.807) is 11.8 Å². The molecule has 0 aromatic heterocycles. The molecule has 1 aromatic rings. The van der Waals surface area contributed by atoms with E-state index >= 15 is 0 Å². The highest BCUT2D eigenvalue weighted by Gasteiger charge is 2.41. The van der Waals surface area contributed by atoms with Gasteiger partial charge in [-0.15, -0.1) is 5.14 Å². The number of para-hydroxylation sites is 1. The smallest absolute Gasteiger partial charge is 0.259 e. The van der Waals surface area contributed by atoms with Crippen molar-refractivity contribution in [1.29, 1.82) is 0 Å². The van der Waals surface area contributed by atoms with Crippen molar-refractivity contribution in [2.75, 3.05) is 4.90 Å². The van der Waals surface area contributed by atoms with Crippen LogP contribution in [0.2, 0.25) is 0 Å². The minimum absolute atomic E-state index is 0.106. The Labute approximate surface area is 115 Å². The van der Waals surface area contributed by atoms with Gasteiger partial charge in [0.25, 0.3) is 4.71 Å². The fourth-order valence-corrected chi connectivity index (χ4v) is 5.20. The first kappa shape index (κ1) is 12.7. The van der Waals surface area contributed by atoms with E-state index in [4.69, 9.17) is 5.14 Å². The van der Waals surface area contributed by atoms with E-state index in [0.717, 1.165) is 0 Å². The van der Waals surface area contributed by atoms with Crippen LogP contribution in [0.15, 0.2) is 29.2 Å². The lowest BCUT2D eigenvalue weighted by Gasteiger charge is -2.35. The Morgan fingerprint density at radius 1 is 1.22 bits per heavy atom. The predicted octanol–water partition coefficient (Wildman–Crippen LogP) is 2.84. The topological polar surface area (TPSA) is 52.3 Å². The molecule has 0 amide bonds. The fraction of sp³-hybridized carbons (Fsp3) is 0.538. The van der Waals surface area contributed by atoms with Gasteiger partial charge in [0.2, 0.25) is 0 Å². The normalized spacial score (nSPS) is 26.1. The third kappa shape index (κ3) is 2.25. The summed E-state index contributed by atoms with van der Waals surface area (Å²) in [5, 5.41) is 5.68. The predicted molar refractivity (Wildman–Crippen MR) is 77.8 cm³/mol. The Balaban J connectivity index is 1.91. The molecule has 2 N–H and O–H groups in total. The van der Waals surface area contributed by atoms with Crippen LogP contribution in [-0.4, -0.2) is 15.3 Å². The van der Waals surface area contributed by atoms with Gasteiger partial charge in [-0.05, 0) is 36.7 Å². The number of thioether (sulfide) groups is 1. The molecule has 1 fully saturated rings. The van der Waals surface area contributed by atoms with E-state index in [9.17, 15) is 4.55 Å². The van der Waals surface area contributed by atoms with E-state index < -0.39 is 11.4 Å². The largest absolute Gasteiger partial charge is 0.596 e. The van der Waals surface area contributed by atoms with Crippen LogP contribution >= 0.6 is 11.8 Å². The van der Waals surface area contributed by atoms with Crippen LogP contribution in [-0.2, 0) is 11.4 Å². The zero-order valence-corrected chi connectivity index (χ0v) is 11.9. The first-order valence-electron chi connectivity index (χ1n) is 6.46. The molecule has 3 nitrogen and oxygen atoms in total. The number of nitrogens with two attached hydrogens (primary N) is 1. The van der Waals surface area contributed by atoms with Crippen LogP contribution in [0, 0.1) is 0 Å². The molecule has 1 heterocycles. The maximum atomic E-state index is 11.8. The number of hydrogen-bond donors (Lipinski definition) is 1. The summed E-state index contributed by atoms with van der Waals surface area (Å²) in [4.78, 5) is 3.53. The van der Waals surface area contributed by atoms with Crippen molar-refractivity contribution in [3.05, 3.63) is 24.3 Å². The molecule has 1 saturated carbocycles. The van der Waals surface area contributed by atoms with Crippen LogP contribution in [0.4, 0.5) is 5.69 Å². The van der Waals surface area contributed by atoms with E-state index in [-0.39, 0.29) is 4.71 Å². The quantitative estimate of drug-likeness (QED) is 0.848. The number of rotatable bonds is 2. The van der Waals surface area contributed by atoms with E-state index in [2.05, 4.69) is 23.1 Å². The summed E-state index contributed by atoms with van der Waals surface area (Å²) in [6.45, 7) is 0. The molecule has 98 valence electrons. The molecule has 2 aliphatic rings. The first-order valence-corrected chi connectivity index (χ1v) is 8.62. The molecule has 3 rings (SSSR count). The van der Waals surface area contributed by atoms with Gasteiger partial charge in [0, 0.05) is 10.9 Å². The molecule has 0 saturated heterocycles. The lowest BCUT2D eigenvalue weighted by molar-refractivity contribution is 0.420. The minimum Gasteiger partial charge on any atom is -0.596 e. The first-order chi connectivity index (χ1) is 8.77. The van der Waals surface area contributed by atoms with Crippen LogP contribution in [0.5, 0.6) is 0 Å². The molecular weight excluding hydrogens is 264 g/mol. The summed E-state index contributed by atoms with van der Waals surface area (Å²) in [5.74, 6) is 0. The van der Waals surface area contributed by atoms with Gasteiger partial charge in [-0.2, -0.15) is 0 Å². The van der Waals surface area contributed by atoms with Crippen molar-refractivity contribution < 1.29 is 4.55 Å². The van der Waals surface area contributed by atoms with E-state index in [1.165, 1.54) is 42.7 Å². The summed E-state index contributed by atoms with van der Waals surface area (Å²) in [5.41, 5.74) is 1.22. The van der Waals surface area contributed by atoms with Crippen LogP contribution in [0.1, 0.15) is 32.1 Å². The van der Waals surface area contributed by atoms with E-state index in [1.807, 2.05) is 6.07 Å². The monoisotopic (exact) mass is 282 g/mol. The Morgan fingerprint density at radius 3 is 2.67 bits per heavy atom. The summed E-state index contributed by atoms with van der Waals surface area (Å²) in [6.07, 6.45) is 6.27. The molecule has 18 heavy (non-hydrogen) atoms. The number of nitrogens with zero attached hydrogens (tertiary/aromatic N) is 1. The minimum atomic E-state index is -1.31. The third-order valence-corrected chi connectivity index (χ3v) is 6.28. The van der Waals surface area contributed by atoms with Crippen molar-refractivity contribution in [1.82, 2.24) is 0 Å². The van der Waals surface area contributed by atoms with Gasteiger partial charge in [0.05, 0.1) is 17.0 Å². The molecule has 2 unspecified atom stereocenters. The second-order valence-electron chi connectivity index (χ2n) is 4.92. The summed E-state index contributed by atoms with van der Waals surface area (Å²) in [6, 6.07) is 8.82. The van der Waals surface area contributed by atoms with Gasteiger partial charge < -0.3 is 9.45 Å². The molecular formula is C13H18N2OS2. The molecule has 1 aliphatic heterocycles. The molecule has 5 heteroatoms. The molecule has 1 aliphatic carbocycles. The standard InChI is InChI=1S/C13H18N2OS2/c14-18(16)13-15(10-6-2-1-3-7-10)11-8-4-5-9-12(11)17-13/h4-5,8-10,13H,1-3,6-7,14H2. The SMILES string of the molecule is N[S+]([O-])C1Sc2ccccc2N1C1CCCCC1. The van der Waals surface area contributed by atoms with Crippen molar-refractivity contribution in [3.8, 4) is 0 Å². The van der Waals surface area contributed by atoms with Crippen molar-refractivity contribution >= 4 is 28.8 Å². The van der Waals surface area contributed by atoms with Crippen LogP contribution in [0.3, 0.4) is 0 Å². The molecule has 0 spiro atoms. The van der Waals surface area contributed by atoms with Crippen molar-refractivity contribution in [3.63, 3.8) is 0 Å². The Bertz CT molecular complexity index is 421. The van der Waals surface area contributed by atoms with Crippen molar-refractivity contribution in [2.24, 2.45) is 5.14 Å². The average Bonchev–Trinajstić information content (AvgIpc) is 2.79. The third-order valence-electron chi connectivity index (χ3n) is 3.77. The second kappa shape index (κ2) is 5.33. The second-order valence-corrected chi connectivity index (χ2v) is 7.44. The summed E-state index contributed by atoms with van der Waals surface area (Å²) < 4.78 is 11.7. The van der Waals surface area contributed by atoms with Gasteiger partial charge >= 0.3 is 0 Å². The number of fused-ring (bicyclic) bond motifs is 1. The Kier molecular flexibility index (Phi) is 3.75. The van der Waals surface area contributed by atoms with Crippen LogP contribution in [0.25, 0.3) is 0 Å². The molecule has 2 atom stereocenters. The van der Waals surface area contributed by atoms with Crippen LogP contribution < -0.4 is 10.0 Å². The molecule has 0 bridgehead atoms. The number of hydrogen-bond acceptors (Lipinski definition) is 4. The lowest BCUT2D eigenvalue weighted by atomic mass is 9.94. The van der Waals surface area contributed by atoms with Gasteiger partial charge in [-0.3, -0.25) is 0 Å². The maximum absolute atomic E-state index is 11.8. The number of benzene rings is 1. The Hall–Kier alpha value is -0.360. The molecule has 0 radical (unpaired) electrons. The summed E-state index contributed by atoms with van der Waals surface area (Å²) >= 11 is 0.337. The summed E-state index contributed by atoms with van der Waals surface area (Å²) in [7, 11) is 0. The number of anilines is 1. The zero-order valence-electron chi connectivity index (χ0n) is 10.2. The van der Waals surface area contributed by atoms with E-state index in [0.29, 0.717) is 6.04 Å². The fourth-order valence-electron chi connectivity index (χ4n) is 2.94. The lowest BCUT2D eigenvalue weighted by Crippen LogP contribution is -2.46. The highest BCUT2D eigenvalue weighted by Crippen LogP contribution is 2.47. The highest BCUT2D eigenvalue weighted by molar-refractivity contribution is 8.13. The van der Waals surface area contributed by atoms with Gasteiger partial charge in [0.1, 0.15) is 0 Å². The van der Waals surface area contributed by atoms with Gasteiger partial charge in [-0.25, -0.2) is 0 Å². The zero-order chi connectivity index (χ0) is 12.5.